The van der Waals surface area contributed by atoms with Gasteiger partial charge in [0.2, 0.25) is 10.0 Å². The lowest BCUT2D eigenvalue weighted by Gasteiger charge is -2.35. The lowest BCUT2D eigenvalue weighted by atomic mass is 10.2. The maximum atomic E-state index is 12.9. The van der Waals surface area contributed by atoms with E-state index in [0.717, 1.165) is 5.56 Å². The number of sulfonamides is 1. The van der Waals surface area contributed by atoms with Crippen LogP contribution in [0.15, 0.2) is 23.1 Å². The van der Waals surface area contributed by atoms with Crippen molar-refractivity contribution in [1.29, 1.82) is 0 Å². The molecule has 1 aromatic carbocycles. The second kappa shape index (κ2) is 7.61. The Labute approximate surface area is 138 Å². The normalized spacial score (nSPS) is 23.0. The van der Waals surface area contributed by atoms with Crippen molar-refractivity contribution in [3.05, 3.63) is 23.8 Å². The van der Waals surface area contributed by atoms with Crippen molar-refractivity contribution < 1.29 is 22.6 Å². The summed E-state index contributed by atoms with van der Waals surface area (Å²) in [5, 5.41) is 0. The highest BCUT2D eigenvalue weighted by atomic mass is 32.2. The molecule has 130 valence electrons. The number of methoxy groups -OCH3 is 1. The molecule has 0 radical (unpaired) electrons. The molecule has 2 atom stereocenters. The van der Waals surface area contributed by atoms with E-state index >= 15 is 0 Å². The summed E-state index contributed by atoms with van der Waals surface area (Å²) in [5.41, 5.74) is 0.788. The van der Waals surface area contributed by atoms with Gasteiger partial charge in [-0.2, -0.15) is 4.31 Å². The van der Waals surface area contributed by atoms with E-state index in [1.54, 1.807) is 25.3 Å². The lowest BCUT2D eigenvalue weighted by Crippen LogP contribution is -2.50. The Morgan fingerprint density at radius 3 is 2.70 bits per heavy atom. The highest BCUT2D eigenvalue weighted by Gasteiger charge is 2.34. The van der Waals surface area contributed by atoms with E-state index < -0.39 is 10.0 Å². The quantitative estimate of drug-likeness (QED) is 0.737. The number of morpholine rings is 1. The molecule has 0 N–H and O–H groups in total. The van der Waals surface area contributed by atoms with Crippen molar-refractivity contribution in [1.82, 2.24) is 4.31 Å². The third-order valence-electron chi connectivity index (χ3n) is 3.85. The molecule has 0 spiro atoms. The molecular weight excluding hydrogens is 318 g/mol. The monoisotopic (exact) mass is 343 g/mol. The van der Waals surface area contributed by atoms with Gasteiger partial charge in [0.25, 0.3) is 0 Å². The zero-order valence-corrected chi connectivity index (χ0v) is 14.9. The van der Waals surface area contributed by atoms with Gasteiger partial charge in [0, 0.05) is 19.7 Å². The first-order valence-corrected chi connectivity index (χ1v) is 9.16. The summed E-state index contributed by atoms with van der Waals surface area (Å²) in [7, 11) is -1.93. The average molecular weight is 343 g/mol. The van der Waals surface area contributed by atoms with E-state index in [0.29, 0.717) is 32.1 Å². The maximum Gasteiger partial charge on any atom is 0.243 e. The topological polar surface area (TPSA) is 65.1 Å². The van der Waals surface area contributed by atoms with Crippen LogP contribution in [0.1, 0.15) is 19.4 Å². The van der Waals surface area contributed by atoms with Crippen LogP contribution in [0.5, 0.6) is 5.75 Å². The van der Waals surface area contributed by atoms with Crippen molar-refractivity contribution in [2.24, 2.45) is 0 Å². The second-order valence-corrected chi connectivity index (χ2v) is 7.73. The van der Waals surface area contributed by atoms with Gasteiger partial charge in [0.1, 0.15) is 12.4 Å². The van der Waals surface area contributed by atoms with E-state index in [1.165, 1.54) is 4.31 Å². The van der Waals surface area contributed by atoms with Crippen molar-refractivity contribution in [3.63, 3.8) is 0 Å². The van der Waals surface area contributed by atoms with Crippen molar-refractivity contribution >= 4 is 10.0 Å². The Morgan fingerprint density at radius 1 is 1.30 bits per heavy atom. The highest BCUT2D eigenvalue weighted by Crippen LogP contribution is 2.26. The summed E-state index contributed by atoms with van der Waals surface area (Å²) in [4.78, 5) is 0.287. The molecule has 6 nitrogen and oxygen atoms in total. The first-order valence-electron chi connectivity index (χ1n) is 7.72. The standard InChI is InChI=1S/C16H25NO5S/c1-12-9-15(5-6-16(12)21-8-7-20-4)23(18,19)17-10-14(3)22-11-13(17)2/h5-6,9,13-14H,7-8,10-11H2,1-4H3/t13-,14+/m0/s1. The molecule has 0 aromatic heterocycles. The van der Waals surface area contributed by atoms with Gasteiger partial charge in [-0.15, -0.1) is 0 Å². The second-order valence-electron chi connectivity index (χ2n) is 5.84. The molecule has 2 rings (SSSR count). The minimum atomic E-state index is -3.54. The van der Waals surface area contributed by atoms with Gasteiger partial charge in [0.05, 0.1) is 24.2 Å². The molecular formula is C16H25NO5S. The minimum absolute atomic E-state index is 0.0984. The lowest BCUT2D eigenvalue weighted by molar-refractivity contribution is -0.0170. The van der Waals surface area contributed by atoms with Gasteiger partial charge in [0.15, 0.2) is 0 Å². The first kappa shape index (κ1) is 18.2. The number of ether oxygens (including phenoxy) is 3. The summed E-state index contributed by atoms with van der Waals surface area (Å²) in [5.74, 6) is 0.671. The SMILES string of the molecule is COCCOc1ccc(S(=O)(=O)N2C[C@@H](C)OC[C@@H]2C)cc1C. The summed E-state index contributed by atoms with van der Waals surface area (Å²) in [6.07, 6.45) is -0.0984. The number of benzene rings is 1. The molecule has 1 fully saturated rings. The van der Waals surface area contributed by atoms with Crippen molar-refractivity contribution in [2.75, 3.05) is 33.5 Å². The Kier molecular flexibility index (Phi) is 6.02. The van der Waals surface area contributed by atoms with Crippen molar-refractivity contribution in [2.45, 2.75) is 37.8 Å². The zero-order chi connectivity index (χ0) is 17.0. The summed E-state index contributed by atoms with van der Waals surface area (Å²) < 4.78 is 43.3. The minimum Gasteiger partial charge on any atom is -0.491 e. The summed E-state index contributed by atoms with van der Waals surface area (Å²) >= 11 is 0. The number of hydrogen-bond acceptors (Lipinski definition) is 5. The van der Waals surface area contributed by atoms with Crippen LogP contribution in [0.25, 0.3) is 0 Å². The first-order chi connectivity index (χ1) is 10.9. The molecule has 23 heavy (non-hydrogen) atoms. The van der Waals surface area contributed by atoms with Crippen molar-refractivity contribution in [3.8, 4) is 5.75 Å². The number of nitrogens with zero attached hydrogens (tertiary/aromatic N) is 1. The van der Waals surface area contributed by atoms with E-state index in [1.807, 2.05) is 20.8 Å². The van der Waals surface area contributed by atoms with E-state index in [-0.39, 0.29) is 17.0 Å². The molecule has 0 aliphatic carbocycles. The average Bonchev–Trinajstić information content (AvgIpc) is 2.51. The number of aryl methyl sites for hydroxylation is 1. The molecule has 1 saturated heterocycles. The molecule has 0 unspecified atom stereocenters. The van der Waals surface area contributed by atoms with Crippen LogP contribution in [0, 0.1) is 6.92 Å². The molecule has 0 amide bonds. The molecule has 1 aliphatic rings. The third-order valence-corrected chi connectivity index (χ3v) is 5.82. The maximum absolute atomic E-state index is 12.9. The largest absolute Gasteiger partial charge is 0.491 e. The molecule has 0 saturated carbocycles. The fraction of sp³-hybridized carbons (Fsp3) is 0.625. The van der Waals surface area contributed by atoms with Crippen LogP contribution < -0.4 is 4.74 Å². The Bertz CT molecular complexity index is 631. The van der Waals surface area contributed by atoms with Crippen LogP contribution in [0.3, 0.4) is 0 Å². The van der Waals surface area contributed by atoms with Crippen LogP contribution in [0.2, 0.25) is 0 Å². The van der Waals surface area contributed by atoms with Gasteiger partial charge in [-0.3, -0.25) is 0 Å². The van der Waals surface area contributed by atoms with Gasteiger partial charge in [-0.1, -0.05) is 0 Å². The van der Waals surface area contributed by atoms with Crippen LogP contribution >= 0.6 is 0 Å². The highest BCUT2D eigenvalue weighted by molar-refractivity contribution is 7.89. The summed E-state index contributed by atoms with van der Waals surface area (Å²) in [6, 6.07) is 4.78. The number of rotatable bonds is 6. The van der Waals surface area contributed by atoms with Gasteiger partial charge in [-0.05, 0) is 44.5 Å². The number of hydrogen-bond donors (Lipinski definition) is 0. The molecule has 0 bridgehead atoms. The molecule has 1 aliphatic heterocycles. The predicted molar refractivity (Wildman–Crippen MR) is 87.3 cm³/mol. The predicted octanol–water partition coefficient (Wildman–Crippen LogP) is 1.82. The van der Waals surface area contributed by atoms with Gasteiger partial charge < -0.3 is 14.2 Å². The molecule has 1 heterocycles. The van der Waals surface area contributed by atoms with Gasteiger partial charge in [-0.25, -0.2) is 8.42 Å². The van der Waals surface area contributed by atoms with E-state index in [9.17, 15) is 8.42 Å². The fourth-order valence-corrected chi connectivity index (χ4v) is 4.30. The van der Waals surface area contributed by atoms with Crippen LogP contribution in [-0.2, 0) is 19.5 Å². The van der Waals surface area contributed by atoms with Crippen LogP contribution in [-0.4, -0.2) is 58.3 Å². The van der Waals surface area contributed by atoms with Crippen LogP contribution in [0.4, 0.5) is 0 Å². The smallest absolute Gasteiger partial charge is 0.243 e. The van der Waals surface area contributed by atoms with E-state index in [4.69, 9.17) is 14.2 Å². The Morgan fingerprint density at radius 2 is 2.04 bits per heavy atom. The fourth-order valence-electron chi connectivity index (χ4n) is 2.52. The van der Waals surface area contributed by atoms with E-state index in [2.05, 4.69) is 0 Å². The summed E-state index contributed by atoms with van der Waals surface area (Å²) in [6.45, 7) is 7.29. The Balaban J connectivity index is 2.21. The Hall–Kier alpha value is -1.15. The van der Waals surface area contributed by atoms with Gasteiger partial charge >= 0.3 is 0 Å². The molecule has 7 heteroatoms. The third kappa shape index (κ3) is 4.23. The zero-order valence-electron chi connectivity index (χ0n) is 14.1. The molecule has 1 aromatic rings.